The van der Waals surface area contributed by atoms with Crippen LogP contribution in [0.1, 0.15) is 10.4 Å². The summed E-state index contributed by atoms with van der Waals surface area (Å²) in [6.07, 6.45) is 0. The number of hydrogen-bond acceptors (Lipinski definition) is 6. The second-order valence-corrected chi connectivity index (χ2v) is 8.05. The molecule has 0 aromatic heterocycles. The SMILES string of the molecule is COc1ccc(N(C(=O)c2ccc(F)cc2)S(=O)(=O)c2cc(OC)ccc2OC)cc1. The lowest BCUT2D eigenvalue weighted by Crippen LogP contribution is -2.37. The molecule has 0 saturated heterocycles. The van der Waals surface area contributed by atoms with Gasteiger partial charge in [-0.2, -0.15) is 4.31 Å². The van der Waals surface area contributed by atoms with Crippen LogP contribution >= 0.6 is 0 Å². The topological polar surface area (TPSA) is 82.1 Å². The van der Waals surface area contributed by atoms with Crippen LogP contribution < -0.4 is 18.5 Å². The smallest absolute Gasteiger partial charge is 0.275 e. The number of amides is 1. The van der Waals surface area contributed by atoms with Crippen molar-refractivity contribution in [3.8, 4) is 17.2 Å². The fraction of sp³-hybridized carbons (Fsp3) is 0.136. The van der Waals surface area contributed by atoms with Crippen LogP contribution in [0.25, 0.3) is 0 Å². The van der Waals surface area contributed by atoms with Crippen LogP contribution in [0, 0.1) is 5.82 Å². The average Bonchev–Trinajstić information content (AvgIpc) is 2.79. The number of carbonyl (C=O) groups is 1. The van der Waals surface area contributed by atoms with Crippen LogP contribution in [0.15, 0.2) is 71.6 Å². The number of sulfonamides is 1. The van der Waals surface area contributed by atoms with E-state index in [1.807, 2.05) is 0 Å². The van der Waals surface area contributed by atoms with Gasteiger partial charge in [0.05, 0.1) is 27.0 Å². The second-order valence-electron chi connectivity index (χ2n) is 6.30. The molecule has 0 aliphatic heterocycles. The quantitative estimate of drug-likeness (QED) is 0.549. The molecular weight excluding hydrogens is 425 g/mol. The number of benzene rings is 3. The fourth-order valence-corrected chi connectivity index (χ4v) is 4.47. The van der Waals surface area contributed by atoms with Gasteiger partial charge in [0.15, 0.2) is 0 Å². The van der Waals surface area contributed by atoms with E-state index in [0.29, 0.717) is 10.1 Å². The number of methoxy groups -OCH3 is 3. The maximum Gasteiger partial charge on any atom is 0.275 e. The van der Waals surface area contributed by atoms with E-state index >= 15 is 0 Å². The fourth-order valence-electron chi connectivity index (χ4n) is 2.88. The minimum absolute atomic E-state index is 0.0114. The van der Waals surface area contributed by atoms with Crippen molar-refractivity contribution in [1.82, 2.24) is 0 Å². The number of ether oxygens (including phenoxy) is 3. The highest BCUT2D eigenvalue weighted by atomic mass is 32.2. The van der Waals surface area contributed by atoms with Gasteiger partial charge in [-0.25, -0.2) is 12.8 Å². The molecule has 0 aliphatic carbocycles. The Bertz CT molecular complexity index is 1180. The molecule has 0 atom stereocenters. The van der Waals surface area contributed by atoms with Crippen molar-refractivity contribution >= 4 is 21.6 Å². The van der Waals surface area contributed by atoms with E-state index in [-0.39, 0.29) is 27.6 Å². The Morgan fingerprint density at radius 3 is 1.94 bits per heavy atom. The lowest BCUT2D eigenvalue weighted by molar-refractivity contribution is 0.101. The summed E-state index contributed by atoms with van der Waals surface area (Å²) in [5.74, 6) is -0.635. The molecule has 0 N–H and O–H groups in total. The molecule has 0 heterocycles. The minimum Gasteiger partial charge on any atom is -0.497 e. The maximum atomic E-state index is 13.7. The van der Waals surface area contributed by atoms with Gasteiger partial charge in [-0.15, -0.1) is 0 Å². The van der Waals surface area contributed by atoms with E-state index in [2.05, 4.69) is 0 Å². The monoisotopic (exact) mass is 445 g/mol. The summed E-state index contributed by atoms with van der Waals surface area (Å²) in [6, 6.07) is 14.8. The van der Waals surface area contributed by atoms with Gasteiger partial charge in [0.2, 0.25) is 0 Å². The molecule has 162 valence electrons. The summed E-state index contributed by atoms with van der Waals surface area (Å²) >= 11 is 0. The van der Waals surface area contributed by atoms with Crippen molar-refractivity contribution in [2.45, 2.75) is 4.90 Å². The molecule has 0 spiro atoms. The Morgan fingerprint density at radius 2 is 1.39 bits per heavy atom. The lowest BCUT2D eigenvalue weighted by Gasteiger charge is -2.24. The summed E-state index contributed by atoms with van der Waals surface area (Å²) in [7, 11) is -0.284. The van der Waals surface area contributed by atoms with Gasteiger partial charge in [-0.3, -0.25) is 4.79 Å². The Morgan fingerprint density at radius 1 is 0.806 bits per heavy atom. The average molecular weight is 445 g/mol. The maximum absolute atomic E-state index is 13.7. The number of hydrogen-bond donors (Lipinski definition) is 0. The number of halogens is 1. The predicted molar refractivity (Wildman–Crippen MR) is 113 cm³/mol. The van der Waals surface area contributed by atoms with E-state index in [9.17, 15) is 17.6 Å². The molecule has 0 radical (unpaired) electrons. The molecular formula is C22H20FNO6S. The van der Waals surface area contributed by atoms with Crippen molar-refractivity contribution in [3.05, 3.63) is 78.1 Å². The number of nitrogens with zero attached hydrogens (tertiary/aromatic N) is 1. The second kappa shape index (κ2) is 9.05. The zero-order valence-corrected chi connectivity index (χ0v) is 17.9. The molecule has 1 amide bonds. The summed E-state index contributed by atoms with van der Waals surface area (Å²) in [5.41, 5.74) is 0.0580. The third-order valence-corrected chi connectivity index (χ3v) is 6.20. The van der Waals surface area contributed by atoms with Gasteiger partial charge < -0.3 is 14.2 Å². The highest BCUT2D eigenvalue weighted by Crippen LogP contribution is 2.34. The largest absolute Gasteiger partial charge is 0.497 e. The van der Waals surface area contributed by atoms with Crippen LogP contribution in [-0.2, 0) is 10.0 Å². The summed E-state index contributed by atoms with van der Waals surface area (Å²) in [6.45, 7) is 0. The molecule has 0 saturated carbocycles. The first-order chi connectivity index (χ1) is 14.8. The lowest BCUT2D eigenvalue weighted by atomic mass is 10.2. The van der Waals surface area contributed by atoms with Crippen molar-refractivity contribution in [3.63, 3.8) is 0 Å². The van der Waals surface area contributed by atoms with Crippen LogP contribution in [0.2, 0.25) is 0 Å². The third kappa shape index (κ3) is 4.46. The molecule has 9 heteroatoms. The van der Waals surface area contributed by atoms with E-state index in [1.165, 1.54) is 75.9 Å². The van der Waals surface area contributed by atoms with Crippen molar-refractivity contribution in [2.24, 2.45) is 0 Å². The zero-order valence-electron chi connectivity index (χ0n) is 17.0. The Balaban J connectivity index is 2.21. The van der Waals surface area contributed by atoms with Crippen molar-refractivity contribution in [1.29, 1.82) is 0 Å². The molecule has 3 aromatic rings. The Labute approximate surface area is 179 Å². The van der Waals surface area contributed by atoms with E-state index in [0.717, 1.165) is 12.1 Å². The zero-order chi connectivity index (χ0) is 22.6. The van der Waals surface area contributed by atoms with Crippen LogP contribution in [-0.4, -0.2) is 35.7 Å². The molecule has 3 rings (SSSR count). The Kier molecular flexibility index (Phi) is 6.45. The van der Waals surface area contributed by atoms with Crippen molar-refractivity contribution < 1.29 is 31.8 Å². The van der Waals surface area contributed by atoms with Gasteiger partial charge in [-0.1, -0.05) is 0 Å². The summed E-state index contributed by atoms with van der Waals surface area (Å²) < 4.78 is 56.8. The van der Waals surface area contributed by atoms with E-state index in [4.69, 9.17) is 14.2 Å². The van der Waals surface area contributed by atoms with Gasteiger partial charge in [0.25, 0.3) is 15.9 Å². The summed E-state index contributed by atoms with van der Waals surface area (Å²) in [4.78, 5) is 13.0. The number of anilines is 1. The van der Waals surface area contributed by atoms with Gasteiger partial charge in [0, 0.05) is 11.6 Å². The van der Waals surface area contributed by atoms with Gasteiger partial charge in [-0.05, 0) is 60.7 Å². The van der Waals surface area contributed by atoms with Gasteiger partial charge in [0.1, 0.15) is 28.0 Å². The van der Waals surface area contributed by atoms with Crippen LogP contribution in [0.5, 0.6) is 17.2 Å². The molecule has 0 unspecified atom stereocenters. The highest BCUT2D eigenvalue weighted by Gasteiger charge is 2.34. The first kappa shape index (κ1) is 22.1. The molecule has 0 fully saturated rings. The number of carbonyl (C=O) groups excluding carboxylic acids is 1. The molecule has 3 aromatic carbocycles. The predicted octanol–water partition coefficient (Wildman–Crippen LogP) is 3.89. The standard InChI is InChI=1S/C22H20FNO6S/c1-28-18-10-8-17(9-11-18)24(22(25)15-4-6-16(23)7-5-15)31(26,27)21-14-19(29-2)12-13-20(21)30-3/h4-14H,1-3H3. The first-order valence-electron chi connectivity index (χ1n) is 9.03. The van der Waals surface area contributed by atoms with Gasteiger partial charge >= 0.3 is 0 Å². The van der Waals surface area contributed by atoms with Crippen LogP contribution in [0.4, 0.5) is 10.1 Å². The molecule has 0 bridgehead atoms. The molecule has 0 aliphatic rings. The minimum atomic E-state index is -4.46. The normalized spacial score (nSPS) is 11.0. The van der Waals surface area contributed by atoms with E-state index in [1.54, 1.807) is 0 Å². The van der Waals surface area contributed by atoms with E-state index < -0.39 is 21.7 Å². The summed E-state index contributed by atoms with van der Waals surface area (Å²) in [5, 5.41) is 0. The van der Waals surface area contributed by atoms with Crippen molar-refractivity contribution in [2.75, 3.05) is 25.6 Å². The highest BCUT2D eigenvalue weighted by molar-refractivity contribution is 7.93. The third-order valence-electron chi connectivity index (χ3n) is 4.47. The molecule has 31 heavy (non-hydrogen) atoms. The number of rotatable bonds is 7. The first-order valence-corrected chi connectivity index (χ1v) is 10.5. The molecule has 7 nitrogen and oxygen atoms in total. The van der Waals surface area contributed by atoms with Crippen LogP contribution in [0.3, 0.4) is 0 Å². The Hall–Kier alpha value is -3.59.